The predicted octanol–water partition coefficient (Wildman–Crippen LogP) is 1.81. The van der Waals surface area contributed by atoms with Crippen LogP contribution in [0.1, 0.15) is 42.6 Å². The second kappa shape index (κ2) is 8.19. The van der Waals surface area contributed by atoms with Gasteiger partial charge in [0.25, 0.3) is 0 Å². The molecular weight excluding hydrogens is 296 g/mol. The summed E-state index contributed by atoms with van der Waals surface area (Å²) in [4.78, 5) is 22.6. The Kier molecular flexibility index (Phi) is 5.99. The van der Waals surface area contributed by atoms with Gasteiger partial charge in [-0.25, -0.2) is 4.68 Å². The summed E-state index contributed by atoms with van der Waals surface area (Å²) in [5.41, 5.74) is 6.61. The second-order valence-electron chi connectivity index (χ2n) is 5.35. The van der Waals surface area contributed by atoms with E-state index in [2.05, 4.69) is 10.3 Å². The van der Waals surface area contributed by atoms with Crippen molar-refractivity contribution >= 4 is 11.8 Å². The highest BCUT2D eigenvalue weighted by Crippen LogP contribution is 2.10. The van der Waals surface area contributed by atoms with Gasteiger partial charge in [-0.05, 0) is 25.0 Å². The maximum absolute atomic E-state index is 12.1. The van der Waals surface area contributed by atoms with Crippen molar-refractivity contribution < 1.29 is 14.7 Å². The number of benzene rings is 1. The van der Waals surface area contributed by atoms with Crippen LogP contribution in [0.4, 0.5) is 0 Å². The summed E-state index contributed by atoms with van der Waals surface area (Å²) in [6, 6.07) is 8.63. The summed E-state index contributed by atoms with van der Waals surface area (Å²) >= 11 is 0. The van der Waals surface area contributed by atoms with Gasteiger partial charge in [0, 0.05) is 6.42 Å². The fraction of sp³-hybridized carbons (Fsp3) is 0.375. The minimum atomic E-state index is -0.987. The number of aliphatic carboxylic acids is 1. The molecule has 0 spiro atoms. The average molecular weight is 316 g/mol. The van der Waals surface area contributed by atoms with Crippen LogP contribution in [0.3, 0.4) is 0 Å². The first-order chi connectivity index (χ1) is 11.1. The molecule has 0 bridgehead atoms. The number of carbonyl (C=O) groups is 2. The molecule has 0 aliphatic heterocycles. The largest absolute Gasteiger partial charge is 0.480 e. The monoisotopic (exact) mass is 316 g/mol. The van der Waals surface area contributed by atoms with Gasteiger partial charge in [0.15, 0.2) is 5.78 Å². The number of carboxylic acids is 1. The van der Waals surface area contributed by atoms with E-state index >= 15 is 0 Å². The fourth-order valence-electron chi connectivity index (χ4n) is 2.18. The number of Topliss-reactive ketones (excluding diaryl/α,β-unsaturated/α-hetero) is 1. The van der Waals surface area contributed by atoms with E-state index in [1.807, 2.05) is 30.3 Å². The van der Waals surface area contributed by atoms with Crippen LogP contribution in [-0.2, 0) is 4.79 Å². The van der Waals surface area contributed by atoms with E-state index in [1.165, 1.54) is 0 Å². The number of nitrogens with two attached hydrogens (primary N) is 1. The number of ketones is 1. The molecule has 23 heavy (non-hydrogen) atoms. The van der Waals surface area contributed by atoms with E-state index in [4.69, 9.17) is 10.8 Å². The molecule has 0 aliphatic carbocycles. The minimum absolute atomic E-state index is 0.0604. The van der Waals surface area contributed by atoms with Crippen LogP contribution in [0.2, 0.25) is 0 Å². The first kappa shape index (κ1) is 16.8. The summed E-state index contributed by atoms with van der Waals surface area (Å²) in [6.45, 7) is 0. The van der Waals surface area contributed by atoms with Gasteiger partial charge in [0.1, 0.15) is 11.7 Å². The van der Waals surface area contributed by atoms with Crippen molar-refractivity contribution in [3.63, 3.8) is 0 Å². The van der Waals surface area contributed by atoms with Gasteiger partial charge in [-0.1, -0.05) is 36.3 Å². The molecule has 1 aromatic carbocycles. The van der Waals surface area contributed by atoms with Crippen LogP contribution >= 0.6 is 0 Å². The van der Waals surface area contributed by atoms with Gasteiger partial charge in [-0.15, -0.1) is 5.10 Å². The van der Waals surface area contributed by atoms with Gasteiger partial charge in [0.05, 0.1) is 11.9 Å². The molecule has 7 heteroatoms. The molecular formula is C16H20N4O3. The quantitative estimate of drug-likeness (QED) is 0.539. The Hall–Kier alpha value is -2.54. The lowest BCUT2D eigenvalue weighted by Crippen LogP contribution is -2.29. The van der Waals surface area contributed by atoms with Crippen molar-refractivity contribution in [2.24, 2.45) is 5.73 Å². The molecule has 122 valence electrons. The van der Waals surface area contributed by atoms with E-state index < -0.39 is 12.0 Å². The molecule has 1 atom stereocenters. The lowest BCUT2D eigenvalue weighted by molar-refractivity contribution is -0.138. The summed E-state index contributed by atoms with van der Waals surface area (Å²) in [5.74, 6) is -1.05. The molecule has 1 heterocycles. The number of aromatic nitrogens is 3. The standard InChI is InChI=1S/C16H20N4O3/c17-13(16(22)23)9-5-2-6-10-15(21)14-11-20(19-18-14)12-7-3-1-4-8-12/h1,3-4,7-8,11,13H,2,5-6,9-10,17H2,(H,22,23)/t13-/m0/s1. The topological polar surface area (TPSA) is 111 Å². The molecule has 0 saturated carbocycles. The van der Waals surface area contributed by atoms with Crippen LogP contribution in [0.15, 0.2) is 36.5 Å². The fourth-order valence-corrected chi connectivity index (χ4v) is 2.18. The van der Waals surface area contributed by atoms with Crippen molar-refractivity contribution in [1.29, 1.82) is 0 Å². The number of rotatable bonds is 9. The molecule has 0 saturated heterocycles. The summed E-state index contributed by atoms with van der Waals surface area (Å²) in [6.07, 6.45) is 4.56. The molecule has 0 radical (unpaired) electrons. The molecule has 0 unspecified atom stereocenters. The Balaban J connectivity index is 1.76. The van der Waals surface area contributed by atoms with E-state index in [-0.39, 0.29) is 5.78 Å². The third-order valence-corrected chi connectivity index (χ3v) is 3.54. The molecule has 2 aromatic rings. The summed E-state index contributed by atoms with van der Waals surface area (Å²) in [5, 5.41) is 16.5. The highest BCUT2D eigenvalue weighted by atomic mass is 16.4. The van der Waals surface area contributed by atoms with Crippen molar-refractivity contribution in [3.8, 4) is 5.69 Å². The van der Waals surface area contributed by atoms with Crippen molar-refractivity contribution in [2.75, 3.05) is 0 Å². The molecule has 0 fully saturated rings. The first-order valence-electron chi connectivity index (χ1n) is 7.57. The zero-order valence-corrected chi connectivity index (χ0v) is 12.8. The number of hydrogen-bond acceptors (Lipinski definition) is 5. The maximum Gasteiger partial charge on any atom is 0.320 e. The Morgan fingerprint density at radius 1 is 1.17 bits per heavy atom. The smallest absolute Gasteiger partial charge is 0.320 e. The SMILES string of the molecule is N[C@@H](CCCCCC(=O)c1cn(-c2ccccc2)nn1)C(=O)O. The van der Waals surface area contributed by atoms with E-state index in [0.717, 1.165) is 12.1 Å². The van der Waals surface area contributed by atoms with Crippen LogP contribution in [-0.4, -0.2) is 37.9 Å². The summed E-state index contributed by atoms with van der Waals surface area (Å²) in [7, 11) is 0. The van der Waals surface area contributed by atoms with Crippen LogP contribution < -0.4 is 5.73 Å². The Morgan fingerprint density at radius 2 is 1.91 bits per heavy atom. The van der Waals surface area contributed by atoms with Gasteiger partial charge in [-0.2, -0.15) is 0 Å². The summed E-state index contributed by atoms with van der Waals surface area (Å²) < 4.78 is 1.57. The number of para-hydroxylation sites is 1. The lowest BCUT2D eigenvalue weighted by Gasteiger charge is -2.05. The predicted molar refractivity (Wildman–Crippen MR) is 84.4 cm³/mol. The zero-order valence-electron chi connectivity index (χ0n) is 12.8. The van der Waals surface area contributed by atoms with E-state index in [9.17, 15) is 9.59 Å². The van der Waals surface area contributed by atoms with E-state index in [1.54, 1.807) is 10.9 Å². The number of hydrogen-bond donors (Lipinski definition) is 2. The third-order valence-electron chi connectivity index (χ3n) is 3.54. The van der Waals surface area contributed by atoms with Crippen LogP contribution in [0.25, 0.3) is 5.69 Å². The second-order valence-corrected chi connectivity index (χ2v) is 5.35. The lowest BCUT2D eigenvalue weighted by atomic mass is 10.1. The number of carbonyl (C=O) groups excluding carboxylic acids is 1. The van der Waals surface area contributed by atoms with Crippen LogP contribution in [0, 0.1) is 0 Å². The van der Waals surface area contributed by atoms with Crippen LogP contribution in [0.5, 0.6) is 0 Å². The molecule has 7 nitrogen and oxygen atoms in total. The third kappa shape index (κ3) is 5.00. The average Bonchev–Trinajstić information content (AvgIpc) is 3.05. The number of nitrogens with zero attached hydrogens (tertiary/aromatic N) is 3. The Bertz CT molecular complexity index is 654. The van der Waals surface area contributed by atoms with Gasteiger partial charge >= 0.3 is 5.97 Å². The number of carboxylic acid groups (broad SMARTS) is 1. The van der Waals surface area contributed by atoms with Crippen molar-refractivity contribution in [3.05, 3.63) is 42.2 Å². The Morgan fingerprint density at radius 3 is 2.61 bits per heavy atom. The molecule has 1 aromatic heterocycles. The Labute approximate surface area is 134 Å². The highest BCUT2D eigenvalue weighted by Gasteiger charge is 2.13. The molecule has 0 amide bonds. The molecule has 0 aliphatic rings. The van der Waals surface area contributed by atoms with Gasteiger partial charge in [0.2, 0.25) is 0 Å². The molecule has 3 N–H and O–H groups in total. The minimum Gasteiger partial charge on any atom is -0.480 e. The highest BCUT2D eigenvalue weighted by molar-refractivity contribution is 5.93. The molecule has 2 rings (SSSR count). The normalized spacial score (nSPS) is 12.0. The van der Waals surface area contributed by atoms with Gasteiger partial charge < -0.3 is 10.8 Å². The van der Waals surface area contributed by atoms with Crippen molar-refractivity contribution in [1.82, 2.24) is 15.0 Å². The maximum atomic E-state index is 12.1. The number of unbranched alkanes of at least 4 members (excludes halogenated alkanes) is 2. The van der Waals surface area contributed by atoms with E-state index in [0.29, 0.717) is 31.4 Å². The first-order valence-corrected chi connectivity index (χ1v) is 7.57. The van der Waals surface area contributed by atoms with Crippen molar-refractivity contribution in [2.45, 2.75) is 38.1 Å². The van der Waals surface area contributed by atoms with Gasteiger partial charge in [-0.3, -0.25) is 9.59 Å². The zero-order chi connectivity index (χ0) is 16.7.